The molecule has 44 heavy (non-hydrogen) atoms. The maximum atomic E-state index is 13.7. The van der Waals surface area contributed by atoms with E-state index in [0.717, 1.165) is 12.1 Å². The first-order chi connectivity index (χ1) is 21.0. The number of alkyl halides is 3. The van der Waals surface area contributed by atoms with Gasteiger partial charge in [-0.3, -0.25) is 19.2 Å². The predicted molar refractivity (Wildman–Crippen MR) is 153 cm³/mol. The number of ketones is 2. The molecule has 0 saturated heterocycles. The molecule has 0 saturated carbocycles. The van der Waals surface area contributed by atoms with E-state index in [1.54, 1.807) is 36.4 Å². The summed E-state index contributed by atoms with van der Waals surface area (Å²) in [5.41, 5.74) is 0.710. The van der Waals surface area contributed by atoms with E-state index in [4.69, 9.17) is 9.84 Å². The minimum atomic E-state index is -4.96. The number of halogens is 3. The summed E-state index contributed by atoms with van der Waals surface area (Å²) in [5.74, 6) is -3.27. The van der Waals surface area contributed by atoms with Gasteiger partial charge in [-0.1, -0.05) is 42.5 Å². The van der Waals surface area contributed by atoms with Crippen LogP contribution in [0.25, 0.3) is 0 Å². The minimum absolute atomic E-state index is 0.0863. The van der Waals surface area contributed by atoms with Crippen molar-refractivity contribution >= 4 is 23.4 Å². The summed E-state index contributed by atoms with van der Waals surface area (Å²) < 4.78 is 48.1. The molecule has 0 spiro atoms. The number of ether oxygens (including phenoxy) is 2. The number of para-hydroxylation sites is 1. The van der Waals surface area contributed by atoms with E-state index >= 15 is 0 Å². The molecule has 1 amide bonds. The van der Waals surface area contributed by atoms with E-state index in [2.05, 4.69) is 10.1 Å². The number of carbonyl (C=O) groups is 4. The number of carboxylic acid groups (broad SMARTS) is 1. The monoisotopic (exact) mass is 605 g/mol. The number of carbonyl (C=O) groups excluding carboxylic acids is 3. The highest BCUT2D eigenvalue weighted by molar-refractivity contribution is 6.06. The van der Waals surface area contributed by atoms with Crippen LogP contribution in [-0.4, -0.2) is 41.5 Å². The standard InChI is InChI=1S/C33H26F3NO7/c34-33(35,36)44-27-8-4-5-24(19-27)31(41)28(21-9-11-23(12-10-21)32(42)37-18-17-30(39)40)20-29(38)22-13-15-26(16-14-22)43-25-6-2-1-3-7-25/h1-16,19,28H,17-18,20H2,(H,37,42)(H,39,40). The average Bonchev–Trinajstić information content (AvgIpc) is 2.99. The summed E-state index contributed by atoms with van der Waals surface area (Å²) in [5, 5.41) is 11.2. The molecule has 1 atom stereocenters. The zero-order valence-corrected chi connectivity index (χ0v) is 23.0. The Labute approximate surface area is 250 Å². The molecule has 0 radical (unpaired) electrons. The van der Waals surface area contributed by atoms with Gasteiger partial charge in [0.2, 0.25) is 0 Å². The molecule has 0 aliphatic heterocycles. The first-order valence-electron chi connectivity index (χ1n) is 13.3. The summed E-state index contributed by atoms with van der Waals surface area (Å²) in [4.78, 5) is 50.1. The number of carboxylic acids is 1. The number of amides is 1. The average molecular weight is 606 g/mol. The normalized spacial score (nSPS) is 11.7. The Kier molecular flexibility index (Phi) is 10.1. The second-order valence-corrected chi connectivity index (χ2v) is 9.58. The molecular weight excluding hydrogens is 579 g/mol. The first-order valence-corrected chi connectivity index (χ1v) is 13.3. The fourth-order valence-electron chi connectivity index (χ4n) is 4.30. The minimum Gasteiger partial charge on any atom is -0.481 e. The van der Waals surface area contributed by atoms with Gasteiger partial charge in [-0.05, 0) is 66.2 Å². The van der Waals surface area contributed by atoms with Gasteiger partial charge < -0.3 is 19.9 Å². The predicted octanol–water partition coefficient (Wildman–Crippen LogP) is 6.82. The molecule has 8 nitrogen and oxygen atoms in total. The molecule has 4 aromatic carbocycles. The lowest BCUT2D eigenvalue weighted by Crippen LogP contribution is -2.26. The van der Waals surface area contributed by atoms with Gasteiger partial charge in [-0.2, -0.15) is 0 Å². The van der Waals surface area contributed by atoms with Crippen molar-refractivity contribution in [1.29, 1.82) is 0 Å². The molecule has 0 aromatic heterocycles. The van der Waals surface area contributed by atoms with E-state index in [1.165, 1.54) is 36.4 Å². The van der Waals surface area contributed by atoms with E-state index in [0.29, 0.717) is 17.1 Å². The van der Waals surface area contributed by atoms with Crippen molar-refractivity contribution in [3.63, 3.8) is 0 Å². The van der Waals surface area contributed by atoms with Gasteiger partial charge in [0.1, 0.15) is 17.2 Å². The van der Waals surface area contributed by atoms with Crippen LogP contribution < -0.4 is 14.8 Å². The molecule has 2 N–H and O–H groups in total. The fourth-order valence-corrected chi connectivity index (χ4v) is 4.30. The van der Waals surface area contributed by atoms with E-state index in [1.807, 2.05) is 18.2 Å². The molecule has 0 aliphatic carbocycles. The summed E-state index contributed by atoms with van der Waals surface area (Å²) in [7, 11) is 0. The summed E-state index contributed by atoms with van der Waals surface area (Å²) in [6.07, 6.45) is -5.56. The zero-order valence-electron chi connectivity index (χ0n) is 23.0. The molecule has 4 rings (SSSR count). The van der Waals surface area contributed by atoms with Crippen LogP contribution in [0.2, 0.25) is 0 Å². The Hall–Kier alpha value is -5.45. The van der Waals surface area contributed by atoms with Gasteiger partial charge in [-0.25, -0.2) is 0 Å². The fraction of sp³-hybridized carbons (Fsp3) is 0.152. The third-order valence-corrected chi connectivity index (χ3v) is 6.41. The van der Waals surface area contributed by atoms with Crippen LogP contribution in [0.4, 0.5) is 13.2 Å². The highest BCUT2D eigenvalue weighted by atomic mass is 19.4. The number of rotatable bonds is 13. The number of hydrogen-bond donors (Lipinski definition) is 2. The van der Waals surface area contributed by atoms with E-state index < -0.39 is 41.5 Å². The van der Waals surface area contributed by atoms with Crippen molar-refractivity contribution in [2.75, 3.05) is 6.54 Å². The lowest BCUT2D eigenvalue weighted by molar-refractivity contribution is -0.274. The molecule has 0 heterocycles. The molecule has 1 unspecified atom stereocenters. The second kappa shape index (κ2) is 14.1. The SMILES string of the molecule is O=C(O)CCNC(=O)c1ccc(C(CC(=O)c2ccc(Oc3ccccc3)cc2)C(=O)c2cccc(OC(F)(F)F)c2)cc1. The Balaban J connectivity index is 1.57. The van der Waals surface area contributed by atoms with Gasteiger partial charge >= 0.3 is 12.3 Å². The number of hydrogen-bond acceptors (Lipinski definition) is 6. The van der Waals surface area contributed by atoms with Crippen LogP contribution in [0.1, 0.15) is 55.4 Å². The molecule has 4 aromatic rings. The van der Waals surface area contributed by atoms with Crippen molar-refractivity contribution in [1.82, 2.24) is 5.32 Å². The third kappa shape index (κ3) is 9.02. The van der Waals surface area contributed by atoms with Crippen molar-refractivity contribution in [3.8, 4) is 17.2 Å². The van der Waals surface area contributed by atoms with Crippen LogP contribution >= 0.6 is 0 Å². The Morgan fingerprint density at radius 1 is 0.727 bits per heavy atom. The molecule has 226 valence electrons. The van der Waals surface area contributed by atoms with Crippen LogP contribution in [0.3, 0.4) is 0 Å². The molecule has 0 aliphatic rings. The first kappa shape index (κ1) is 31.5. The lowest BCUT2D eigenvalue weighted by Gasteiger charge is -2.18. The van der Waals surface area contributed by atoms with Crippen LogP contribution in [0.15, 0.2) is 103 Å². The Bertz CT molecular complexity index is 1620. The van der Waals surface area contributed by atoms with Gasteiger partial charge in [0.15, 0.2) is 11.6 Å². The van der Waals surface area contributed by atoms with Gasteiger partial charge in [0.25, 0.3) is 5.91 Å². The second-order valence-electron chi connectivity index (χ2n) is 9.58. The maximum absolute atomic E-state index is 13.7. The number of Topliss-reactive ketones (excluding diaryl/α,β-unsaturated/α-hetero) is 2. The third-order valence-electron chi connectivity index (χ3n) is 6.41. The topological polar surface area (TPSA) is 119 Å². The summed E-state index contributed by atoms with van der Waals surface area (Å²) in [6, 6.07) is 25.6. The number of nitrogens with one attached hydrogen (secondary N) is 1. The summed E-state index contributed by atoms with van der Waals surface area (Å²) >= 11 is 0. The zero-order chi connectivity index (χ0) is 31.7. The van der Waals surface area contributed by atoms with Crippen molar-refractivity contribution in [2.45, 2.75) is 25.1 Å². The van der Waals surface area contributed by atoms with E-state index in [9.17, 15) is 32.3 Å². The highest BCUT2D eigenvalue weighted by Gasteiger charge is 2.32. The number of benzene rings is 4. The van der Waals surface area contributed by atoms with Gasteiger partial charge in [0, 0.05) is 29.7 Å². The molecule has 0 bridgehead atoms. The lowest BCUT2D eigenvalue weighted by atomic mass is 9.85. The van der Waals surface area contributed by atoms with Gasteiger partial charge in [-0.15, -0.1) is 13.2 Å². The Morgan fingerprint density at radius 2 is 1.34 bits per heavy atom. The van der Waals surface area contributed by atoms with Crippen LogP contribution in [0.5, 0.6) is 17.2 Å². The number of aliphatic carboxylic acids is 1. The van der Waals surface area contributed by atoms with Crippen LogP contribution in [-0.2, 0) is 4.79 Å². The van der Waals surface area contributed by atoms with Gasteiger partial charge in [0.05, 0.1) is 12.3 Å². The smallest absolute Gasteiger partial charge is 0.481 e. The molecular formula is C33H26F3NO7. The van der Waals surface area contributed by atoms with Crippen molar-refractivity contribution in [3.05, 3.63) is 125 Å². The largest absolute Gasteiger partial charge is 0.573 e. The quantitative estimate of drug-likeness (QED) is 0.161. The molecule has 0 fully saturated rings. The Morgan fingerprint density at radius 3 is 1.98 bits per heavy atom. The van der Waals surface area contributed by atoms with Crippen molar-refractivity contribution in [2.24, 2.45) is 0 Å². The van der Waals surface area contributed by atoms with Crippen molar-refractivity contribution < 1.29 is 46.9 Å². The maximum Gasteiger partial charge on any atom is 0.573 e. The summed E-state index contributed by atoms with van der Waals surface area (Å²) in [6.45, 7) is -0.0863. The highest BCUT2D eigenvalue weighted by Crippen LogP contribution is 2.30. The van der Waals surface area contributed by atoms with Crippen LogP contribution in [0, 0.1) is 0 Å². The molecule has 11 heteroatoms. The van der Waals surface area contributed by atoms with E-state index in [-0.39, 0.29) is 36.1 Å².